The third kappa shape index (κ3) is 4.84. The molecule has 2 aromatic rings. The number of amides is 3. The molecule has 0 bridgehead atoms. The highest BCUT2D eigenvalue weighted by molar-refractivity contribution is 5.97. The van der Waals surface area contributed by atoms with Gasteiger partial charge in [0.15, 0.2) is 0 Å². The molecule has 3 amide bonds. The topological polar surface area (TPSA) is 85.2 Å². The maximum Gasteiger partial charge on any atom is 0.321 e. The molecule has 2 rings (SSSR count). The number of carbonyl (C=O) groups is 2. The van der Waals surface area contributed by atoms with E-state index in [-0.39, 0.29) is 11.9 Å². The van der Waals surface area contributed by atoms with Crippen molar-refractivity contribution in [2.24, 2.45) is 0 Å². The summed E-state index contributed by atoms with van der Waals surface area (Å²) in [5.41, 5.74) is 3.39. The highest BCUT2D eigenvalue weighted by Gasteiger charge is 2.13. The van der Waals surface area contributed by atoms with Crippen LogP contribution in [0.2, 0.25) is 0 Å². The monoisotopic (exact) mass is 350 g/mol. The number of nitrogens with zero attached hydrogens (tertiary/aromatic N) is 2. The summed E-state index contributed by atoms with van der Waals surface area (Å²) in [4.78, 5) is 26.0. The first-order valence-corrected chi connectivity index (χ1v) is 8.34. The third-order valence-corrected chi connectivity index (χ3v) is 3.90. The molecule has 0 aliphatic heterocycles. The number of carbonyl (C=O) groups excluding carboxylic acids is 2. The van der Waals surface area contributed by atoms with Crippen LogP contribution in [-0.4, -0.2) is 30.4 Å². The van der Waals surface area contributed by atoms with Crippen molar-refractivity contribution in [1.82, 2.24) is 10.2 Å². The molecule has 134 valence electrons. The molecule has 0 radical (unpaired) electrons. The van der Waals surface area contributed by atoms with Crippen molar-refractivity contribution in [2.45, 2.75) is 20.4 Å². The van der Waals surface area contributed by atoms with Gasteiger partial charge < -0.3 is 15.5 Å². The molecular weight excluding hydrogens is 328 g/mol. The fourth-order valence-electron chi connectivity index (χ4n) is 2.46. The van der Waals surface area contributed by atoms with E-state index in [2.05, 4.69) is 16.7 Å². The highest BCUT2D eigenvalue weighted by Crippen LogP contribution is 2.18. The van der Waals surface area contributed by atoms with Crippen molar-refractivity contribution < 1.29 is 9.59 Å². The van der Waals surface area contributed by atoms with Gasteiger partial charge in [0.05, 0.1) is 11.6 Å². The number of hydrogen-bond acceptors (Lipinski definition) is 3. The van der Waals surface area contributed by atoms with Crippen LogP contribution < -0.4 is 10.6 Å². The van der Waals surface area contributed by atoms with Gasteiger partial charge in [-0.3, -0.25) is 4.79 Å². The van der Waals surface area contributed by atoms with Gasteiger partial charge >= 0.3 is 6.03 Å². The van der Waals surface area contributed by atoms with E-state index in [1.165, 1.54) is 4.90 Å². The molecule has 0 aliphatic rings. The van der Waals surface area contributed by atoms with Gasteiger partial charge in [-0.2, -0.15) is 5.26 Å². The molecular formula is C20H22N4O2. The zero-order valence-corrected chi connectivity index (χ0v) is 15.2. The minimum Gasteiger partial charge on any atom is -0.352 e. The van der Waals surface area contributed by atoms with E-state index >= 15 is 0 Å². The van der Waals surface area contributed by atoms with Crippen molar-refractivity contribution >= 4 is 17.6 Å². The van der Waals surface area contributed by atoms with Crippen LogP contribution in [0.5, 0.6) is 0 Å². The van der Waals surface area contributed by atoms with Gasteiger partial charge in [0.25, 0.3) is 5.91 Å². The quantitative estimate of drug-likeness (QED) is 0.868. The molecule has 26 heavy (non-hydrogen) atoms. The maximum atomic E-state index is 12.5. The molecule has 0 aliphatic carbocycles. The van der Waals surface area contributed by atoms with Crippen LogP contribution in [0.15, 0.2) is 42.5 Å². The van der Waals surface area contributed by atoms with Gasteiger partial charge in [-0.15, -0.1) is 0 Å². The summed E-state index contributed by atoms with van der Waals surface area (Å²) in [6.07, 6.45) is 0. The predicted molar refractivity (Wildman–Crippen MR) is 101 cm³/mol. The van der Waals surface area contributed by atoms with Crippen molar-refractivity contribution in [1.29, 1.82) is 5.26 Å². The number of nitrogens with one attached hydrogen (secondary N) is 2. The molecule has 0 fully saturated rings. The predicted octanol–water partition coefficient (Wildman–Crippen LogP) is 3.28. The average molecular weight is 350 g/mol. The zero-order valence-electron chi connectivity index (χ0n) is 15.2. The molecule has 6 heteroatoms. The molecule has 2 aromatic carbocycles. The Morgan fingerprint density at radius 1 is 1.19 bits per heavy atom. The minimum absolute atomic E-state index is 0.176. The first-order chi connectivity index (χ1) is 12.4. The minimum atomic E-state index is -0.288. The van der Waals surface area contributed by atoms with Crippen LogP contribution in [0.3, 0.4) is 0 Å². The maximum absolute atomic E-state index is 12.5. The number of rotatable bonds is 5. The molecule has 0 saturated carbocycles. The number of nitriles is 1. The lowest BCUT2D eigenvalue weighted by Crippen LogP contribution is -2.31. The second-order valence-corrected chi connectivity index (χ2v) is 5.99. The summed E-state index contributed by atoms with van der Waals surface area (Å²) in [5.74, 6) is -0.176. The summed E-state index contributed by atoms with van der Waals surface area (Å²) in [6.45, 7) is 4.63. The molecule has 0 unspecified atom stereocenters. The second-order valence-electron chi connectivity index (χ2n) is 5.99. The Hall–Kier alpha value is -3.33. The Morgan fingerprint density at radius 2 is 1.96 bits per heavy atom. The Bertz CT molecular complexity index is 855. The van der Waals surface area contributed by atoms with Gasteiger partial charge in [-0.1, -0.05) is 18.2 Å². The molecule has 0 heterocycles. The summed E-state index contributed by atoms with van der Waals surface area (Å²) in [6, 6.07) is 14.1. The fourth-order valence-corrected chi connectivity index (χ4v) is 2.46. The van der Waals surface area contributed by atoms with E-state index in [1.54, 1.807) is 43.4 Å². The molecule has 0 saturated heterocycles. The standard InChI is InChI=1S/C20H22N4O2/c1-4-22-19(25)17-9-8-14(2)18(11-17)23-20(26)24(3)13-16-7-5-6-15(10-16)12-21/h5-11H,4,13H2,1-3H3,(H,22,25)(H,23,26). The van der Waals surface area contributed by atoms with E-state index in [9.17, 15) is 9.59 Å². The second kappa shape index (κ2) is 8.67. The van der Waals surface area contributed by atoms with E-state index in [4.69, 9.17) is 5.26 Å². The van der Waals surface area contributed by atoms with E-state index < -0.39 is 0 Å². The number of hydrogen-bond donors (Lipinski definition) is 2. The number of urea groups is 1. The van der Waals surface area contributed by atoms with Gasteiger partial charge in [-0.05, 0) is 49.2 Å². The smallest absolute Gasteiger partial charge is 0.321 e. The van der Waals surface area contributed by atoms with Crippen LogP contribution in [0.1, 0.15) is 34.0 Å². The van der Waals surface area contributed by atoms with Crippen molar-refractivity contribution in [3.05, 3.63) is 64.7 Å². The lowest BCUT2D eigenvalue weighted by atomic mass is 10.1. The normalized spacial score (nSPS) is 9.92. The fraction of sp³-hybridized carbons (Fsp3) is 0.250. The molecule has 0 spiro atoms. The highest BCUT2D eigenvalue weighted by atomic mass is 16.2. The number of benzene rings is 2. The summed E-state index contributed by atoms with van der Waals surface area (Å²) in [7, 11) is 1.68. The van der Waals surface area contributed by atoms with Gasteiger partial charge in [0.1, 0.15) is 0 Å². The summed E-state index contributed by atoms with van der Waals surface area (Å²) in [5, 5.41) is 14.5. The number of aryl methyl sites for hydroxylation is 1. The van der Waals surface area contributed by atoms with Crippen LogP contribution in [0.25, 0.3) is 0 Å². The number of anilines is 1. The summed E-state index contributed by atoms with van der Waals surface area (Å²) >= 11 is 0. The van der Waals surface area contributed by atoms with Crippen molar-refractivity contribution in [3.8, 4) is 6.07 Å². The zero-order chi connectivity index (χ0) is 19.1. The van der Waals surface area contributed by atoms with Crippen LogP contribution in [0.4, 0.5) is 10.5 Å². The Morgan fingerprint density at radius 3 is 2.65 bits per heavy atom. The van der Waals surface area contributed by atoms with E-state index in [0.29, 0.717) is 29.9 Å². The van der Waals surface area contributed by atoms with Crippen LogP contribution in [-0.2, 0) is 6.54 Å². The lowest BCUT2D eigenvalue weighted by molar-refractivity contribution is 0.0956. The van der Waals surface area contributed by atoms with Crippen LogP contribution >= 0.6 is 0 Å². The van der Waals surface area contributed by atoms with Gasteiger partial charge in [-0.25, -0.2) is 4.79 Å². The van der Waals surface area contributed by atoms with Crippen molar-refractivity contribution in [3.63, 3.8) is 0 Å². The van der Waals surface area contributed by atoms with Crippen molar-refractivity contribution in [2.75, 3.05) is 18.9 Å². The molecule has 2 N–H and O–H groups in total. The third-order valence-electron chi connectivity index (χ3n) is 3.90. The molecule has 0 atom stereocenters. The lowest BCUT2D eigenvalue weighted by Gasteiger charge is -2.19. The Labute approximate surface area is 153 Å². The van der Waals surface area contributed by atoms with Crippen LogP contribution in [0, 0.1) is 18.3 Å². The van der Waals surface area contributed by atoms with Gasteiger partial charge in [0, 0.05) is 31.4 Å². The SMILES string of the molecule is CCNC(=O)c1ccc(C)c(NC(=O)N(C)Cc2cccc(C#N)c2)c1. The Balaban J connectivity index is 2.09. The molecule has 0 aromatic heterocycles. The summed E-state index contributed by atoms with van der Waals surface area (Å²) < 4.78 is 0. The first-order valence-electron chi connectivity index (χ1n) is 8.34. The largest absolute Gasteiger partial charge is 0.352 e. The molecule has 6 nitrogen and oxygen atoms in total. The average Bonchev–Trinajstić information content (AvgIpc) is 2.63. The first kappa shape index (κ1) is 19.0. The van der Waals surface area contributed by atoms with Gasteiger partial charge in [0.2, 0.25) is 0 Å². The van der Waals surface area contributed by atoms with E-state index in [0.717, 1.165) is 11.1 Å². The Kier molecular flexibility index (Phi) is 6.34. The van der Waals surface area contributed by atoms with E-state index in [1.807, 2.05) is 19.9 Å².